The fourth-order valence-electron chi connectivity index (χ4n) is 5.19. The Morgan fingerprint density at radius 3 is 2.56 bits per heavy atom. The summed E-state index contributed by atoms with van der Waals surface area (Å²) in [5.41, 5.74) is -5.56. The first-order chi connectivity index (χ1) is 16.7. The summed E-state index contributed by atoms with van der Waals surface area (Å²) in [5.74, 6) is -5.29. The zero-order valence-electron chi connectivity index (χ0n) is 19.3. The van der Waals surface area contributed by atoms with E-state index in [-0.39, 0.29) is 39.7 Å². The molecule has 2 bridgehead atoms. The van der Waals surface area contributed by atoms with Gasteiger partial charge in [-0.15, -0.1) is 0 Å². The first-order valence-corrected chi connectivity index (χ1v) is 12.1. The molecule has 3 aliphatic carbocycles. The maximum atomic E-state index is 15.1. The van der Waals surface area contributed by atoms with E-state index in [2.05, 4.69) is 31.2 Å². The summed E-state index contributed by atoms with van der Waals surface area (Å²) in [6.07, 6.45) is 1.78. The first-order valence-electron chi connectivity index (χ1n) is 11.3. The quantitative estimate of drug-likeness (QED) is 0.293. The van der Waals surface area contributed by atoms with Crippen LogP contribution < -0.4 is 10.9 Å². The highest BCUT2D eigenvalue weighted by Crippen LogP contribution is 2.59. The lowest BCUT2D eigenvalue weighted by atomic mass is 9.81. The Bertz CT molecular complexity index is 1420. The molecule has 1 unspecified atom stereocenters. The summed E-state index contributed by atoms with van der Waals surface area (Å²) in [6.45, 7) is 1.72. The molecule has 3 aliphatic rings. The largest absolute Gasteiger partial charge is 0.384 e. The van der Waals surface area contributed by atoms with E-state index in [1.165, 1.54) is 10.8 Å². The lowest BCUT2D eigenvalue weighted by Gasteiger charge is -2.30. The van der Waals surface area contributed by atoms with Crippen molar-refractivity contribution in [3.05, 3.63) is 62.5 Å². The van der Waals surface area contributed by atoms with E-state index >= 15 is 4.39 Å². The van der Waals surface area contributed by atoms with Gasteiger partial charge in [-0.1, -0.05) is 12.1 Å². The first kappa shape index (κ1) is 25.1. The number of halogens is 5. The summed E-state index contributed by atoms with van der Waals surface area (Å²) in [7, 11) is 0. The summed E-state index contributed by atoms with van der Waals surface area (Å²) < 4.78 is 60.5. The molecule has 3 fully saturated rings. The van der Waals surface area contributed by atoms with Crippen LogP contribution in [-0.4, -0.2) is 36.0 Å². The summed E-state index contributed by atoms with van der Waals surface area (Å²) in [6, 6.07) is 2.76. The van der Waals surface area contributed by atoms with Crippen LogP contribution in [0.4, 0.5) is 23.4 Å². The van der Waals surface area contributed by atoms with Crippen LogP contribution in [0.25, 0.3) is 10.9 Å². The minimum Gasteiger partial charge on any atom is -0.384 e. The van der Waals surface area contributed by atoms with Crippen LogP contribution in [0, 0.1) is 11.7 Å². The minimum atomic E-state index is -3.94. The van der Waals surface area contributed by atoms with Gasteiger partial charge in [-0.25, -0.2) is 18.7 Å². The van der Waals surface area contributed by atoms with Gasteiger partial charge in [0, 0.05) is 24.2 Å². The average molecular weight is 571 g/mol. The molecule has 2 atom stereocenters. The predicted molar refractivity (Wildman–Crippen MR) is 127 cm³/mol. The van der Waals surface area contributed by atoms with Gasteiger partial charge in [0.15, 0.2) is 6.23 Å². The molecule has 0 saturated heterocycles. The highest BCUT2D eigenvalue weighted by atomic mass is 79.9. The van der Waals surface area contributed by atoms with Crippen LogP contribution in [0.5, 0.6) is 0 Å². The zero-order chi connectivity index (χ0) is 26.2. The van der Waals surface area contributed by atoms with E-state index in [4.69, 9.17) is 0 Å². The highest BCUT2D eigenvalue weighted by Gasteiger charge is 2.57. The van der Waals surface area contributed by atoms with Gasteiger partial charge in [0.05, 0.1) is 16.5 Å². The number of anilines is 1. The van der Waals surface area contributed by atoms with Crippen LogP contribution >= 0.6 is 15.9 Å². The van der Waals surface area contributed by atoms with Crippen LogP contribution in [0.3, 0.4) is 0 Å². The number of aromatic nitrogens is 3. The second-order valence-electron chi connectivity index (χ2n) is 10.1. The molecule has 0 radical (unpaired) electrons. The maximum absolute atomic E-state index is 15.1. The van der Waals surface area contributed by atoms with Crippen molar-refractivity contribution in [2.75, 3.05) is 5.32 Å². The average Bonchev–Trinajstić information content (AvgIpc) is 3.29. The monoisotopic (exact) mass is 570 g/mol. The van der Waals surface area contributed by atoms with Gasteiger partial charge in [0.2, 0.25) is 0 Å². The van der Waals surface area contributed by atoms with Crippen molar-refractivity contribution in [1.29, 1.82) is 0 Å². The molecule has 3 N–H and O–H groups in total. The molecule has 36 heavy (non-hydrogen) atoms. The Morgan fingerprint density at radius 2 is 1.94 bits per heavy atom. The molecule has 192 valence electrons. The van der Waals surface area contributed by atoms with Crippen LogP contribution in [0.1, 0.15) is 56.5 Å². The second kappa shape index (κ2) is 8.22. The fourth-order valence-corrected chi connectivity index (χ4v) is 5.71. The summed E-state index contributed by atoms with van der Waals surface area (Å²) in [5, 5.41) is 23.5. The summed E-state index contributed by atoms with van der Waals surface area (Å²) in [4.78, 5) is 21.2. The van der Waals surface area contributed by atoms with Gasteiger partial charge in [0.1, 0.15) is 33.7 Å². The Labute approximate surface area is 211 Å². The SMILES string of the molecule is CC(C)(O)C(F)(F)c1cccc([C@@H](O)Nc2ncnc3c(Br)c(=O)n(C4CC5(F)CC4C5)cc23)c1F. The van der Waals surface area contributed by atoms with Gasteiger partial charge >= 0.3 is 5.92 Å². The molecule has 1 aromatic carbocycles. The van der Waals surface area contributed by atoms with Crippen LogP contribution in [0.2, 0.25) is 0 Å². The van der Waals surface area contributed by atoms with Crippen molar-refractivity contribution in [1.82, 2.24) is 14.5 Å². The predicted octanol–water partition coefficient (Wildman–Crippen LogP) is 4.72. The molecular formula is C24H23BrF4N4O3. The Kier molecular flexibility index (Phi) is 5.73. The Hall–Kier alpha value is -2.57. The Morgan fingerprint density at radius 1 is 1.25 bits per heavy atom. The number of alkyl halides is 3. The number of hydrogen-bond donors (Lipinski definition) is 3. The highest BCUT2D eigenvalue weighted by molar-refractivity contribution is 9.10. The minimum absolute atomic E-state index is 0.0151. The second-order valence-corrected chi connectivity index (χ2v) is 10.9. The molecule has 0 aliphatic heterocycles. The number of aliphatic hydroxyl groups excluding tert-OH is 1. The molecule has 2 heterocycles. The number of nitrogens with one attached hydrogen (secondary N) is 1. The molecule has 0 amide bonds. The van der Waals surface area contributed by atoms with Crippen molar-refractivity contribution in [3.63, 3.8) is 0 Å². The molecule has 7 nitrogen and oxygen atoms in total. The third-order valence-corrected chi connectivity index (χ3v) is 7.93. The maximum Gasteiger partial charge on any atom is 0.303 e. The van der Waals surface area contributed by atoms with E-state index in [1.54, 1.807) is 0 Å². The number of nitrogens with zero attached hydrogens (tertiary/aromatic N) is 3. The molecule has 3 saturated carbocycles. The molecule has 6 rings (SSSR count). The molecule has 12 heteroatoms. The Balaban J connectivity index is 1.54. The van der Waals surface area contributed by atoms with Gasteiger partial charge in [-0.2, -0.15) is 8.78 Å². The lowest BCUT2D eigenvalue weighted by molar-refractivity contribution is -0.170. The van der Waals surface area contributed by atoms with E-state index < -0.39 is 40.4 Å². The lowest BCUT2D eigenvalue weighted by Crippen LogP contribution is -2.41. The van der Waals surface area contributed by atoms with Crippen LogP contribution in [0.15, 0.2) is 40.0 Å². The standard InChI is InChI=1S/C24H23BrF4N4O3/c1-22(2,36)24(28,29)14-5-3-4-12(17(14)26)20(34)32-19-13-9-33(15-8-23(27)6-11(15)7-23)21(35)16(25)18(13)30-10-31-19/h3-5,9-11,15,20,34,36H,6-8H2,1-2H3,(H,30,31,32)/t11?,15?,20-,23?/m1/s1. The normalized spacial score (nSPS) is 24.6. The van der Waals surface area contributed by atoms with Crippen molar-refractivity contribution >= 4 is 32.7 Å². The summed E-state index contributed by atoms with van der Waals surface area (Å²) >= 11 is 3.26. The van der Waals surface area contributed by atoms with E-state index in [0.29, 0.717) is 18.2 Å². The van der Waals surface area contributed by atoms with Crippen molar-refractivity contribution in [2.24, 2.45) is 5.92 Å². The van der Waals surface area contributed by atoms with Crippen molar-refractivity contribution in [2.45, 2.75) is 62.6 Å². The smallest absolute Gasteiger partial charge is 0.303 e. The van der Waals surface area contributed by atoms with E-state index in [1.807, 2.05) is 0 Å². The number of hydrogen-bond acceptors (Lipinski definition) is 6. The van der Waals surface area contributed by atoms with Crippen molar-refractivity contribution < 1.29 is 27.8 Å². The third kappa shape index (κ3) is 3.81. The van der Waals surface area contributed by atoms with E-state index in [0.717, 1.165) is 38.4 Å². The van der Waals surface area contributed by atoms with Gasteiger partial charge in [-0.3, -0.25) is 4.79 Å². The van der Waals surface area contributed by atoms with E-state index in [9.17, 15) is 28.2 Å². The topological polar surface area (TPSA) is 100 Å². The molecule has 2 aromatic heterocycles. The van der Waals surface area contributed by atoms with Gasteiger partial charge in [-0.05, 0) is 54.6 Å². The van der Waals surface area contributed by atoms with Crippen molar-refractivity contribution in [3.8, 4) is 0 Å². The fraction of sp³-hybridized carbons (Fsp3) is 0.458. The number of aliphatic hydroxyl groups is 2. The number of rotatable bonds is 6. The third-order valence-electron chi connectivity index (χ3n) is 7.22. The van der Waals surface area contributed by atoms with Crippen LogP contribution in [-0.2, 0) is 5.92 Å². The number of benzene rings is 1. The molecular weight excluding hydrogens is 548 g/mol. The zero-order valence-corrected chi connectivity index (χ0v) is 20.9. The van der Waals surface area contributed by atoms with Gasteiger partial charge < -0.3 is 20.1 Å². The number of pyridine rings is 1. The molecule has 3 aromatic rings. The van der Waals surface area contributed by atoms with Gasteiger partial charge in [0.25, 0.3) is 5.56 Å². The number of fused-ring (bicyclic) bond motifs is 2. The molecule has 0 spiro atoms.